The molecule has 3 saturated heterocycles. The highest BCUT2D eigenvalue weighted by Crippen LogP contribution is 2.37. The summed E-state index contributed by atoms with van der Waals surface area (Å²) in [6.07, 6.45) is 13.3. The Morgan fingerprint density at radius 3 is 2.49 bits per heavy atom. The van der Waals surface area contributed by atoms with Gasteiger partial charge in [-0.15, -0.1) is 0 Å². The van der Waals surface area contributed by atoms with Gasteiger partial charge in [0.25, 0.3) is 5.91 Å². The molecule has 6 amide bonds. The Kier molecular flexibility index (Phi) is 12.3. The molecule has 2 unspecified atom stereocenters. The molecule has 6 aliphatic rings. The van der Waals surface area contributed by atoms with Gasteiger partial charge >= 0.3 is 12.0 Å². The molecule has 3 fully saturated rings. The summed E-state index contributed by atoms with van der Waals surface area (Å²) in [6.45, 7) is 8.20. The average Bonchev–Trinajstić information content (AvgIpc) is 3.30. The fourth-order valence-electron chi connectivity index (χ4n) is 8.38. The van der Waals surface area contributed by atoms with Crippen molar-refractivity contribution in [2.24, 2.45) is 17.8 Å². The predicted molar refractivity (Wildman–Crippen MR) is 213 cm³/mol. The van der Waals surface area contributed by atoms with Gasteiger partial charge in [0, 0.05) is 84.0 Å². The Bertz CT molecular complexity index is 1950. The molecule has 3 N–H and O–H groups in total. The van der Waals surface area contributed by atoms with E-state index in [-0.39, 0.29) is 53.6 Å². The van der Waals surface area contributed by atoms with Gasteiger partial charge in [-0.2, -0.15) is 13.8 Å². The molecule has 0 radical (unpaired) electrons. The molecule has 1 aromatic heterocycles. The Morgan fingerprint density at radius 1 is 1.05 bits per heavy atom. The van der Waals surface area contributed by atoms with Crippen LogP contribution >= 0.6 is 0 Å². The highest BCUT2D eigenvalue weighted by atomic mass is 19.3. The van der Waals surface area contributed by atoms with E-state index >= 15 is 0 Å². The number of nitrogens with one attached hydrogen (secondary N) is 3. The van der Waals surface area contributed by atoms with Crippen LogP contribution in [0.4, 0.5) is 31.0 Å². The number of ether oxygens (including phenoxy) is 1. The quantitative estimate of drug-likeness (QED) is 0.315. The third-order valence-electron chi connectivity index (χ3n) is 11.9. The molecule has 4 aliphatic heterocycles. The minimum Gasteiger partial charge on any atom is -0.495 e. The Morgan fingerprint density at radius 2 is 1.80 bits per heavy atom. The molecule has 5 heterocycles. The Labute approximate surface area is 342 Å². The number of fused-ring (bicyclic) bond motifs is 1. The molecule has 0 spiro atoms. The van der Waals surface area contributed by atoms with Crippen molar-refractivity contribution >= 4 is 47.1 Å². The minimum absolute atomic E-state index is 0.0546. The van der Waals surface area contributed by atoms with E-state index in [1.165, 1.54) is 25.3 Å². The lowest BCUT2D eigenvalue weighted by Crippen LogP contribution is -2.53. The van der Waals surface area contributed by atoms with Crippen LogP contribution in [0.5, 0.6) is 0 Å². The lowest BCUT2D eigenvalue weighted by atomic mass is 9.95. The lowest BCUT2D eigenvalue weighted by molar-refractivity contribution is -0.140. The van der Waals surface area contributed by atoms with Crippen LogP contribution in [0, 0.1) is 17.8 Å². The smallest absolute Gasteiger partial charge is 0.342 e. The third-order valence-corrected chi connectivity index (χ3v) is 11.9. The second kappa shape index (κ2) is 17.4. The van der Waals surface area contributed by atoms with Gasteiger partial charge < -0.3 is 24.8 Å². The van der Waals surface area contributed by atoms with Gasteiger partial charge in [0.1, 0.15) is 11.4 Å². The Balaban J connectivity index is 0.849. The second-order valence-electron chi connectivity index (χ2n) is 16.2. The van der Waals surface area contributed by atoms with E-state index in [0.29, 0.717) is 62.9 Å². The van der Waals surface area contributed by atoms with E-state index in [2.05, 4.69) is 30.9 Å². The number of piperidine rings is 1. The standard InChI is InChI=1S/C40H53F2N11O6/c1-25(2)53-24-40(41,42)37(57)48(3)31-22-43-38(46-34(31)53)44-30-9-8-27(21-32(30)59-4)35(55)47-51-13-10-26(11-14-51)23-49-16-18-50(19-17-49)36(56)28-6-5-7-29(20-28)52-15-12-33(54)45-39(52)58/h5-7,9,21-22,25-28H,8,10-20,23-24H2,1-4H3,(H,47,55)(H,43,44,46)(H,45,54,58). The number of anilines is 3. The van der Waals surface area contributed by atoms with E-state index < -0.39 is 30.3 Å². The predicted octanol–water partition coefficient (Wildman–Crippen LogP) is 2.44. The molecule has 318 valence electrons. The van der Waals surface area contributed by atoms with E-state index in [1.807, 2.05) is 34.2 Å². The first kappa shape index (κ1) is 41.7. The number of imide groups is 1. The van der Waals surface area contributed by atoms with E-state index in [0.717, 1.165) is 43.1 Å². The van der Waals surface area contributed by atoms with Crippen LogP contribution in [0.15, 0.2) is 53.7 Å². The monoisotopic (exact) mass is 821 g/mol. The lowest BCUT2D eigenvalue weighted by Gasteiger charge is -2.40. The van der Waals surface area contributed by atoms with Crippen LogP contribution in [-0.2, 0) is 23.9 Å². The number of methoxy groups -OCH3 is 1. The fraction of sp³-hybridized carbons (Fsp3) is 0.575. The molecule has 19 heteroatoms. The minimum atomic E-state index is -3.60. The molecule has 59 heavy (non-hydrogen) atoms. The summed E-state index contributed by atoms with van der Waals surface area (Å²) < 4.78 is 35.1. The van der Waals surface area contributed by atoms with E-state index in [4.69, 9.17) is 4.74 Å². The van der Waals surface area contributed by atoms with Crippen LogP contribution < -0.4 is 25.9 Å². The normalized spacial score (nSPS) is 24.5. The van der Waals surface area contributed by atoms with Gasteiger partial charge in [-0.3, -0.25) is 39.7 Å². The number of amides is 6. The molecular weight excluding hydrogens is 769 g/mol. The van der Waals surface area contributed by atoms with Crippen molar-refractivity contribution in [3.63, 3.8) is 0 Å². The number of hydrogen-bond acceptors (Lipinski definition) is 12. The number of carbonyl (C=O) groups is 5. The van der Waals surface area contributed by atoms with Crippen LogP contribution in [0.3, 0.4) is 0 Å². The summed E-state index contributed by atoms with van der Waals surface area (Å²) in [4.78, 5) is 80.2. The highest BCUT2D eigenvalue weighted by molar-refractivity contribution is 6.02. The maximum atomic E-state index is 14.8. The van der Waals surface area contributed by atoms with Crippen molar-refractivity contribution in [1.82, 2.24) is 40.4 Å². The van der Waals surface area contributed by atoms with Crippen molar-refractivity contribution in [3.05, 3.63) is 53.7 Å². The zero-order chi connectivity index (χ0) is 42.0. The molecule has 17 nitrogen and oxygen atoms in total. The second-order valence-corrected chi connectivity index (χ2v) is 16.2. The van der Waals surface area contributed by atoms with Gasteiger partial charge in [-0.1, -0.05) is 18.2 Å². The van der Waals surface area contributed by atoms with Crippen LogP contribution in [0.25, 0.3) is 0 Å². The first-order valence-electron chi connectivity index (χ1n) is 20.3. The summed E-state index contributed by atoms with van der Waals surface area (Å²) in [5.74, 6) is -4.92. The number of hydrazine groups is 1. The number of allylic oxidation sites excluding steroid dienone is 4. The molecule has 0 aromatic carbocycles. The summed E-state index contributed by atoms with van der Waals surface area (Å²) in [5, 5.41) is 7.43. The average molecular weight is 822 g/mol. The molecule has 0 saturated carbocycles. The van der Waals surface area contributed by atoms with E-state index in [1.54, 1.807) is 24.8 Å². The highest BCUT2D eigenvalue weighted by Gasteiger charge is 2.48. The summed E-state index contributed by atoms with van der Waals surface area (Å²) in [6, 6.07) is -0.812. The Hall–Kier alpha value is -5.43. The molecule has 2 atom stereocenters. The number of piperazine rings is 1. The van der Waals surface area contributed by atoms with Crippen LogP contribution in [0.2, 0.25) is 0 Å². The first-order chi connectivity index (χ1) is 28.2. The summed E-state index contributed by atoms with van der Waals surface area (Å²) >= 11 is 0. The topological polar surface area (TPSA) is 176 Å². The number of rotatable bonds is 10. The van der Waals surface area contributed by atoms with Gasteiger partial charge in [-0.25, -0.2) is 14.8 Å². The van der Waals surface area contributed by atoms with Gasteiger partial charge in [0.2, 0.25) is 23.7 Å². The first-order valence-corrected chi connectivity index (χ1v) is 20.3. The third kappa shape index (κ3) is 9.25. The number of urea groups is 1. The van der Waals surface area contributed by atoms with Crippen molar-refractivity contribution in [1.29, 1.82) is 0 Å². The van der Waals surface area contributed by atoms with E-state index in [9.17, 15) is 32.8 Å². The summed E-state index contributed by atoms with van der Waals surface area (Å²) in [7, 11) is 2.78. The fourth-order valence-corrected chi connectivity index (χ4v) is 8.38. The molecular formula is C40H53F2N11O6. The number of halogens is 2. The number of alkyl halides is 2. The molecule has 1 aromatic rings. The SMILES string of the molecule is COC1=CC(C(=O)NN2CCC(CN3CCN(C(=O)C4C=CC=C(N5CCC(=O)NC5=O)C4)CC3)CC2)CC=C1Nc1ncc2c(n1)N(C(C)C)CC(F)(F)C(=O)N2C. The van der Waals surface area contributed by atoms with Crippen LogP contribution in [0.1, 0.15) is 46.0 Å². The molecule has 2 aliphatic carbocycles. The van der Waals surface area contributed by atoms with Crippen molar-refractivity contribution in [3.8, 4) is 0 Å². The van der Waals surface area contributed by atoms with Crippen molar-refractivity contribution in [2.75, 3.05) is 88.2 Å². The van der Waals surface area contributed by atoms with Crippen molar-refractivity contribution < 1.29 is 37.5 Å². The molecule has 7 rings (SSSR count). The van der Waals surface area contributed by atoms with Gasteiger partial charge in [0.15, 0.2) is 5.82 Å². The summed E-state index contributed by atoms with van der Waals surface area (Å²) in [5.41, 5.74) is 4.53. The molecule has 0 bridgehead atoms. The maximum absolute atomic E-state index is 14.8. The zero-order valence-corrected chi connectivity index (χ0v) is 34.0. The van der Waals surface area contributed by atoms with Crippen molar-refractivity contribution in [2.45, 2.75) is 57.9 Å². The number of aromatic nitrogens is 2. The van der Waals surface area contributed by atoms with Crippen LogP contribution in [-0.4, -0.2) is 144 Å². The largest absolute Gasteiger partial charge is 0.495 e. The number of nitrogens with zero attached hydrogens (tertiary/aromatic N) is 8. The number of hydrogen-bond donors (Lipinski definition) is 3. The van der Waals surface area contributed by atoms with Gasteiger partial charge in [-0.05, 0) is 51.2 Å². The maximum Gasteiger partial charge on any atom is 0.342 e. The van der Waals surface area contributed by atoms with Gasteiger partial charge in [0.05, 0.1) is 37.4 Å². The number of carbonyl (C=O) groups excluding carboxylic acids is 5. The zero-order valence-electron chi connectivity index (χ0n) is 34.0.